The number of para-hydroxylation sites is 1. The van der Waals surface area contributed by atoms with E-state index in [0.29, 0.717) is 0 Å². The molecule has 3 aromatic carbocycles. The summed E-state index contributed by atoms with van der Waals surface area (Å²) in [6.45, 7) is 0. The van der Waals surface area contributed by atoms with Crippen LogP contribution in [0, 0.1) is 0 Å². The molecule has 4 aromatic rings. The van der Waals surface area contributed by atoms with Gasteiger partial charge in [-0.15, -0.1) is 0 Å². The van der Waals surface area contributed by atoms with Crippen molar-refractivity contribution in [3.8, 4) is 11.1 Å². The van der Waals surface area contributed by atoms with Crippen LogP contribution in [0.3, 0.4) is 0 Å². The number of fused-ring (bicyclic) bond motifs is 1. The van der Waals surface area contributed by atoms with Gasteiger partial charge in [-0.3, -0.25) is 9.36 Å². The topological polar surface area (TPSA) is 22.0 Å². The van der Waals surface area contributed by atoms with Crippen LogP contribution in [0.2, 0.25) is 0 Å². The quantitative estimate of drug-likeness (QED) is 0.446. The number of allylic oxidation sites excluding steroid dienone is 1. The minimum Gasteiger partial charge on any atom is -0.283 e. The second kappa shape index (κ2) is 6.62. The molecule has 120 valence electrons. The molecule has 0 bridgehead atoms. The lowest BCUT2D eigenvalue weighted by Gasteiger charge is -1.99. The molecule has 1 aromatic heterocycles. The predicted octanol–water partition coefficient (Wildman–Crippen LogP) is 5.66. The van der Waals surface area contributed by atoms with E-state index in [9.17, 15) is 4.79 Å². The first-order chi connectivity index (χ1) is 12.3. The van der Waals surface area contributed by atoms with Crippen molar-refractivity contribution >= 4 is 22.9 Å². The van der Waals surface area contributed by atoms with Crippen molar-refractivity contribution in [3.63, 3.8) is 0 Å². The number of hydrogen-bond acceptors (Lipinski definition) is 1. The number of rotatable bonds is 3. The van der Waals surface area contributed by atoms with Crippen molar-refractivity contribution in [1.82, 2.24) is 4.57 Å². The Hall–Kier alpha value is -3.39. The maximum absolute atomic E-state index is 12.8. The molecule has 0 fully saturated rings. The molecule has 0 amide bonds. The van der Waals surface area contributed by atoms with Gasteiger partial charge < -0.3 is 0 Å². The molecule has 0 unspecified atom stereocenters. The summed E-state index contributed by atoms with van der Waals surface area (Å²) < 4.78 is 1.72. The SMILES string of the molecule is O=C(/C=C/c1ccccc1)n1cc(-c2ccccc2)c2ccccc21. The zero-order valence-electron chi connectivity index (χ0n) is 13.7. The first-order valence-electron chi connectivity index (χ1n) is 8.26. The van der Waals surface area contributed by atoms with E-state index in [2.05, 4.69) is 18.2 Å². The molecule has 0 atom stereocenters. The molecule has 0 aliphatic rings. The van der Waals surface area contributed by atoms with Crippen molar-refractivity contribution < 1.29 is 4.79 Å². The maximum Gasteiger partial charge on any atom is 0.255 e. The first kappa shape index (κ1) is 15.2. The average molecular weight is 323 g/mol. The molecule has 2 heteroatoms. The zero-order chi connectivity index (χ0) is 17.1. The van der Waals surface area contributed by atoms with Gasteiger partial charge in [0.2, 0.25) is 0 Å². The van der Waals surface area contributed by atoms with Gasteiger partial charge in [-0.1, -0.05) is 78.9 Å². The minimum absolute atomic E-state index is 0.0535. The normalized spacial score (nSPS) is 11.2. The molecule has 2 nitrogen and oxygen atoms in total. The van der Waals surface area contributed by atoms with Crippen molar-refractivity contribution in [3.05, 3.63) is 103 Å². The lowest BCUT2D eigenvalue weighted by molar-refractivity contribution is 0.0975. The number of carbonyl (C=O) groups excluding carboxylic acids is 1. The molecule has 4 rings (SSSR count). The minimum atomic E-state index is -0.0535. The molecular formula is C23H17NO. The molecule has 0 aliphatic heterocycles. The maximum atomic E-state index is 12.8. The van der Waals surface area contributed by atoms with Crippen LogP contribution in [0.15, 0.2) is 97.2 Å². The highest BCUT2D eigenvalue weighted by atomic mass is 16.1. The van der Waals surface area contributed by atoms with Crippen LogP contribution in [0.25, 0.3) is 28.1 Å². The van der Waals surface area contributed by atoms with E-state index >= 15 is 0 Å². The molecule has 0 spiro atoms. The van der Waals surface area contributed by atoms with Crippen molar-refractivity contribution in [2.75, 3.05) is 0 Å². The summed E-state index contributed by atoms with van der Waals surface area (Å²) in [5, 5.41) is 1.08. The van der Waals surface area contributed by atoms with E-state index < -0.39 is 0 Å². The Kier molecular flexibility index (Phi) is 4.01. The van der Waals surface area contributed by atoms with Gasteiger partial charge in [0, 0.05) is 23.2 Å². The number of aromatic nitrogens is 1. The summed E-state index contributed by atoms with van der Waals surface area (Å²) in [7, 11) is 0. The van der Waals surface area contributed by atoms with Crippen LogP contribution < -0.4 is 0 Å². The lowest BCUT2D eigenvalue weighted by Crippen LogP contribution is -2.05. The van der Waals surface area contributed by atoms with Gasteiger partial charge in [-0.2, -0.15) is 0 Å². The van der Waals surface area contributed by atoms with Gasteiger partial charge in [0.1, 0.15) is 0 Å². The highest BCUT2D eigenvalue weighted by molar-refractivity contribution is 6.05. The molecule has 0 radical (unpaired) electrons. The summed E-state index contributed by atoms with van der Waals surface area (Å²) in [5.41, 5.74) is 4.11. The Balaban J connectivity index is 1.78. The third kappa shape index (κ3) is 3.02. The number of nitrogens with zero attached hydrogens (tertiary/aromatic N) is 1. The largest absolute Gasteiger partial charge is 0.283 e. The fourth-order valence-corrected chi connectivity index (χ4v) is 3.02. The van der Waals surface area contributed by atoms with Gasteiger partial charge in [0.15, 0.2) is 0 Å². The average Bonchev–Trinajstić information content (AvgIpc) is 3.07. The highest BCUT2D eigenvalue weighted by Crippen LogP contribution is 2.30. The van der Waals surface area contributed by atoms with Gasteiger partial charge in [0.25, 0.3) is 5.91 Å². The van der Waals surface area contributed by atoms with Gasteiger partial charge >= 0.3 is 0 Å². The monoisotopic (exact) mass is 323 g/mol. The molecule has 0 saturated heterocycles. The van der Waals surface area contributed by atoms with Crippen molar-refractivity contribution in [2.24, 2.45) is 0 Å². The van der Waals surface area contributed by atoms with Crippen LogP contribution in [0.5, 0.6) is 0 Å². The van der Waals surface area contributed by atoms with Crippen LogP contribution >= 0.6 is 0 Å². The summed E-state index contributed by atoms with van der Waals surface area (Å²) in [6, 6.07) is 28.0. The molecule has 1 heterocycles. The summed E-state index contributed by atoms with van der Waals surface area (Å²) in [6.07, 6.45) is 5.40. The van der Waals surface area contributed by atoms with Crippen LogP contribution in [-0.4, -0.2) is 10.5 Å². The van der Waals surface area contributed by atoms with E-state index in [1.807, 2.05) is 79.0 Å². The van der Waals surface area contributed by atoms with Crippen LogP contribution in [0.4, 0.5) is 0 Å². The number of carbonyl (C=O) groups is 1. The smallest absolute Gasteiger partial charge is 0.255 e. The van der Waals surface area contributed by atoms with E-state index in [1.54, 1.807) is 10.6 Å². The van der Waals surface area contributed by atoms with Crippen molar-refractivity contribution in [1.29, 1.82) is 0 Å². The van der Waals surface area contributed by atoms with Gasteiger partial charge in [0.05, 0.1) is 5.52 Å². The summed E-state index contributed by atoms with van der Waals surface area (Å²) in [4.78, 5) is 12.8. The molecule has 0 N–H and O–H groups in total. The molecule has 0 saturated carbocycles. The summed E-state index contributed by atoms with van der Waals surface area (Å²) in [5.74, 6) is -0.0535. The van der Waals surface area contributed by atoms with E-state index in [1.165, 1.54) is 0 Å². The van der Waals surface area contributed by atoms with E-state index in [0.717, 1.165) is 27.6 Å². The molecule has 0 aliphatic carbocycles. The third-order valence-corrected chi connectivity index (χ3v) is 4.25. The van der Waals surface area contributed by atoms with Gasteiger partial charge in [-0.25, -0.2) is 0 Å². The fourth-order valence-electron chi connectivity index (χ4n) is 3.02. The Labute approximate surface area is 146 Å². The number of hydrogen-bond donors (Lipinski definition) is 0. The molecular weight excluding hydrogens is 306 g/mol. The Morgan fingerprint density at radius 3 is 2.16 bits per heavy atom. The molecule has 25 heavy (non-hydrogen) atoms. The Morgan fingerprint density at radius 1 is 0.760 bits per heavy atom. The number of benzene rings is 3. The lowest BCUT2D eigenvalue weighted by atomic mass is 10.1. The van der Waals surface area contributed by atoms with E-state index in [4.69, 9.17) is 0 Å². The first-order valence-corrected chi connectivity index (χ1v) is 8.26. The van der Waals surface area contributed by atoms with E-state index in [-0.39, 0.29) is 5.91 Å². The standard InChI is InChI=1S/C23H17NO/c25-23(16-15-18-9-3-1-4-10-18)24-17-21(19-11-5-2-6-12-19)20-13-7-8-14-22(20)24/h1-17H/b16-15+. The highest BCUT2D eigenvalue weighted by Gasteiger charge is 2.12. The second-order valence-corrected chi connectivity index (χ2v) is 5.88. The van der Waals surface area contributed by atoms with Crippen molar-refractivity contribution in [2.45, 2.75) is 0 Å². The Bertz CT molecular complexity index is 1040. The van der Waals surface area contributed by atoms with Crippen LogP contribution in [-0.2, 0) is 0 Å². The third-order valence-electron chi connectivity index (χ3n) is 4.25. The second-order valence-electron chi connectivity index (χ2n) is 5.88. The fraction of sp³-hybridized carbons (Fsp3) is 0. The van der Waals surface area contributed by atoms with Crippen LogP contribution in [0.1, 0.15) is 10.4 Å². The predicted molar refractivity (Wildman–Crippen MR) is 103 cm³/mol. The van der Waals surface area contributed by atoms with Gasteiger partial charge in [-0.05, 0) is 23.3 Å². The summed E-state index contributed by atoms with van der Waals surface area (Å²) >= 11 is 0. The Morgan fingerprint density at radius 2 is 1.40 bits per heavy atom. The zero-order valence-corrected chi connectivity index (χ0v) is 13.7.